The Balaban J connectivity index is 3.00. The molecule has 4 unspecified atom stereocenters. The fraction of sp³-hybridized carbons (Fsp3) is 0.409. The van der Waals surface area contributed by atoms with E-state index in [0.29, 0.717) is 5.56 Å². The van der Waals surface area contributed by atoms with Crippen LogP contribution in [0.4, 0.5) is 0 Å². The van der Waals surface area contributed by atoms with Crippen molar-refractivity contribution in [3.63, 3.8) is 0 Å². The van der Waals surface area contributed by atoms with E-state index in [2.05, 4.69) is 16.0 Å². The molecule has 202 valence electrons. The number of primary amides is 1. The number of carbonyl (C=O) groups excluding carboxylic acids is 4. The Labute approximate surface area is 210 Å². The van der Waals surface area contributed by atoms with Crippen molar-refractivity contribution in [3.8, 4) is 0 Å². The minimum atomic E-state index is -1.76. The number of nitrogens with two attached hydrogens (primary N) is 2. The Kier molecular flexibility index (Phi) is 12.2. The number of nitrogens with one attached hydrogen (secondary N) is 3. The zero-order valence-electron chi connectivity index (χ0n) is 19.6. The van der Waals surface area contributed by atoms with E-state index in [1.165, 1.54) is 0 Å². The minimum absolute atomic E-state index is 0.120. The van der Waals surface area contributed by atoms with E-state index in [1.807, 2.05) is 0 Å². The van der Waals surface area contributed by atoms with E-state index in [4.69, 9.17) is 21.7 Å². The van der Waals surface area contributed by atoms with Crippen molar-refractivity contribution in [2.24, 2.45) is 11.5 Å². The molecule has 0 spiro atoms. The van der Waals surface area contributed by atoms with Crippen LogP contribution >= 0.6 is 0 Å². The Bertz CT molecular complexity index is 1020. The monoisotopic (exact) mass is 523 g/mol. The van der Waals surface area contributed by atoms with Gasteiger partial charge in [0.05, 0.1) is 18.9 Å². The Morgan fingerprint density at radius 3 is 1.73 bits per heavy atom. The van der Waals surface area contributed by atoms with Crippen molar-refractivity contribution < 1.29 is 48.9 Å². The van der Waals surface area contributed by atoms with Crippen molar-refractivity contribution in [1.82, 2.24) is 16.0 Å². The van der Waals surface area contributed by atoms with E-state index >= 15 is 0 Å². The second-order valence-electron chi connectivity index (χ2n) is 8.02. The molecule has 4 atom stereocenters. The van der Waals surface area contributed by atoms with Gasteiger partial charge in [-0.2, -0.15) is 0 Å². The molecule has 0 aliphatic heterocycles. The van der Waals surface area contributed by atoms with Gasteiger partial charge in [0, 0.05) is 12.8 Å². The lowest BCUT2D eigenvalue weighted by Gasteiger charge is -2.24. The minimum Gasteiger partial charge on any atom is -0.481 e. The van der Waals surface area contributed by atoms with E-state index < -0.39 is 85.0 Å². The summed E-state index contributed by atoms with van der Waals surface area (Å²) in [5.41, 5.74) is 11.3. The van der Waals surface area contributed by atoms with Crippen LogP contribution in [0.1, 0.15) is 31.2 Å². The number of amides is 4. The van der Waals surface area contributed by atoms with Gasteiger partial charge in [0.15, 0.2) is 0 Å². The average Bonchev–Trinajstić information content (AvgIpc) is 2.80. The van der Waals surface area contributed by atoms with Crippen LogP contribution in [0.5, 0.6) is 0 Å². The number of hydrogen-bond donors (Lipinski definition) is 8. The number of aliphatic carboxylic acids is 3. The summed E-state index contributed by atoms with van der Waals surface area (Å²) < 4.78 is 0. The maximum Gasteiger partial charge on any atom is 0.326 e. The topological polar surface area (TPSA) is 268 Å². The van der Waals surface area contributed by atoms with Gasteiger partial charge in [-0.1, -0.05) is 30.3 Å². The smallest absolute Gasteiger partial charge is 0.326 e. The number of carboxylic acids is 3. The van der Waals surface area contributed by atoms with Crippen molar-refractivity contribution in [1.29, 1.82) is 0 Å². The maximum atomic E-state index is 12.8. The Hall–Kier alpha value is -4.53. The molecule has 15 heteroatoms. The first kappa shape index (κ1) is 30.5. The molecule has 0 fully saturated rings. The predicted molar refractivity (Wildman–Crippen MR) is 124 cm³/mol. The van der Waals surface area contributed by atoms with Crippen molar-refractivity contribution in [3.05, 3.63) is 35.9 Å². The van der Waals surface area contributed by atoms with Crippen LogP contribution in [0.15, 0.2) is 30.3 Å². The van der Waals surface area contributed by atoms with Crippen LogP contribution in [0.3, 0.4) is 0 Å². The highest BCUT2D eigenvalue weighted by Gasteiger charge is 2.32. The molecule has 0 aliphatic rings. The van der Waals surface area contributed by atoms with E-state index in [9.17, 15) is 38.7 Å². The average molecular weight is 523 g/mol. The summed E-state index contributed by atoms with van der Waals surface area (Å²) in [6, 6.07) is 2.02. The van der Waals surface area contributed by atoms with Gasteiger partial charge in [0.2, 0.25) is 23.6 Å². The second kappa shape index (κ2) is 14.8. The summed E-state index contributed by atoms with van der Waals surface area (Å²) in [5.74, 6) is -8.48. The third kappa shape index (κ3) is 11.6. The number of hydrogen-bond acceptors (Lipinski definition) is 8. The number of benzene rings is 1. The van der Waals surface area contributed by atoms with E-state index in [0.717, 1.165) is 0 Å². The molecule has 0 heterocycles. The number of carboxylic acid groups (broad SMARTS) is 3. The van der Waals surface area contributed by atoms with Gasteiger partial charge in [-0.25, -0.2) is 4.79 Å². The van der Waals surface area contributed by atoms with Gasteiger partial charge in [0.25, 0.3) is 0 Å². The van der Waals surface area contributed by atoms with Crippen molar-refractivity contribution in [2.75, 3.05) is 0 Å². The third-order valence-electron chi connectivity index (χ3n) is 4.95. The predicted octanol–water partition coefficient (Wildman–Crippen LogP) is -2.69. The molecule has 1 rings (SSSR count). The quantitative estimate of drug-likeness (QED) is 0.110. The highest BCUT2D eigenvalue weighted by atomic mass is 16.4. The zero-order chi connectivity index (χ0) is 28.1. The molecule has 1 aromatic carbocycles. The normalized spacial score (nSPS) is 13.8. The van der Waals surface area contributed by atoms with Crippen LogP contribution < -0.4 is 27.4 Å². The molecular formula is C22H29N5O10. The zero-order valence-corrected chi connectivity index (χ0v) is 19.6. The standard InChI is InChI=1S/C22H29N5O10/c23-12(6-7-17(29)30)19(33)25-14(10-18(31)32)21(35)26-13(9-16(24)28)20(34)27-15(22(36)37)8-11-4-2-1-3-5-11/h1-5,12-15H,6-10,23H2,(H2,24,28)(H,25,33)(H,26,35)(H,27,34)(H,29,30)(H,31,32)(H,36,37). The highest BCUT2D eigenvalue weighted by molar-refractivity contribution is 5.97. The fourth-order valence-corrected chi connectivity index (χ4v) is 3.08. The summed E-state index contributed by atoms with van der Waals surface area (Å²) in [6.07, 6.45) is -2.58. The van der Waals surface area contributed by atoms with Gasteiger partial charge in [0.1, 0.15) is 18.1 Å². The summed E-state index contributed by atoms with van der Waals surface area (Å²) in [6.45, 7) is 0. The number of rotatable bonds is 16. The molecule has 4 amide bonds. The molecule has 0 aromatic heterocycles. The lowest BCUT2D eigenvalue weighted by Crippen LogP contribution is -2.58. The van der Waals surface area contributed by atoms with Crippen LogP contribution in [0.2, 0.25) is 0 Å². The first-order valence-electron chi connectivity index (χ1n) is 11.0. The van der Waals surface area contributed by atoms with Crippen LogP contribution in [-0.2, 0) is 40.0 Å². The Morgan fingerprint density at radius 1 is 0.730 bits per heavy atom. The van der Waals surface area contributed by atoms with Crippen molar-refractivity contribution >= 4 is 41.5 Å². The van der Waals surface area contributed by atoms with E-state index in [1.54, 1.807) is 30.3 Å². The van der Waals surface area contributed by atoms with Gasteiger partial charge in [-0.3, -0.25) is 28.8 Å². The summed E-state index contributed by atoms with van der Waals surface area (Å²) in [7, 11) is 0. The molecule has 0 saturated heterocycles. The number of carbonyl (C=O) groups is 7. The molecule has 0 radical (unpaired) electrons. The molecule has 0 aliphatic carbocycles. The lowest BCUT2D eigenvalue weighted by atomic mass is 10.0. The lowest BCUT2D eigenvalue weighted by molar-refractivity contribution is -0.143. The maximum absolute atomic E-state index is 12.8. The molecule has 37 heavy (non-hydrogen) atoms. The first-order valence-corrected chi connectivity index (χ1v) is 11.0. The van der Waals surface area contributed by atoms with Gasteiger partial charge in [-0.05, 0) is 12.0 Å². The summed E-state index contributed by atoms with van der Waals surface area (Å²) in [5, 5.41) is 33.7. The van der Waals surface area contributed by atoms with Gasteiger partial charge >= 0.3 is 17.9 Å². The van der Waals surface area contributed by atoms with Crippen LogP contribution in [0, 0.1) is 0 Å². The molecule has 1 aromatic rings. The third-order valence-corrected chi connectivity index (χ3v) is 4.95. The summed E-state index contributed by atoms with van der Waals surface area (Å²) >= 11 is 0. The summed E-state index contributed by atoms with van der Waals surface area (Å²) in [4.78, 5) is 82.8. The SMILES string of the molecule is NC(=O)CC(NC(=O)C(CC(=O)O)NC(=O)C(N)CCC(=O)O)C(=O)NC(Cc1ccccc1)C(=O)O. The molecule has 0 saturated carbocycles. The molecule has 10 N–H and O–H groups in total. The fourth-order valence-electron chi connectivity index (χ4n) is 3.08. The highest BCUT2D eigenvalue weighted by Crippen LogP contribution is 2.06. The van der Waals surface area contributed by atoms with Crippen LogP contribution in [-0.4, -0.2) is 81.0 Å². The van der Waals surface area contributed by atoms with Gasteiger partial charge in [-0.15, -0.1) is 0 Å². The molecule has 15 nitrogen and oxygen atoms in total. The molecule has 0 bridgehead atoms. The van der Waals surface area contributed by atoms with Crippen LogP contribution in [0.25, 0.3) is 0 Å². The second-order valence-corrected chi connectivity index (χ2v) is 8.02. The van der Waals surface area contributed by atoms with Gasteiger partial charge < -0.3 is 42.7 Å². The van der Waals surface area contributed by atoms with E-state index in [-0.39, 0.29) is 12.8 Å². The largest absolute Gasteiger partial charge is 0.481 e. The first-order chi connectivity index (χ1) is 17.3. The van der Waals surface area contributed by atoms with Crippen molar-refractivity contribution in [2.45, 2.75) is 56.3 Å². The molecular weight excluding hydrogens is 494 g/mol. The Morgan fingerprint density at radius 2 is 1.24 bits per heavy atom.